The van der Waals surface area contributed by atoms with Crippen LogP contribution in [0, 0.1) is 17.8 Å². The van der Waals surface area contributed by atoms with Gasteiger partial charge in [-0.05, 0) is 43.2 Å². The Morgan fingerprint density at radius 1 is 1.17 bits per heavy atom. The maximum Gasteiger partial charge on any atom is 0.230 e. The van der Waals surface area contributed by atoms with Gasteiger partial charge in [-0.1, -0.05) is 12.1 Å². The zero-order valence-corrected chi connectivity index (χ0v) is 10.3. The Labute approximate surface area is 107 Å². The van der Waals surface area contributed by atoms with Gasteiger partial charge in [0.15, 0.2) is 0 Å². The van der Waals surface area contributed by atoms with Crippen LogP contribution in [0.2, 0.25) is 0 Å². The molecule has 1 amide bonds. The Bertz CT molecular complexity index is 489. The number of nitrogens with zero attached hydrogens (tertiary/aromatic N) is 1. The number of hydrogen-bond donors (Lipinski definition) is 0. The second-order valence-corrected chi connectivity index (χ2v) is 5.73. The maximum atomic E-state index is 12.6. The van der Waals surface area contributed by atoms with Crippen molar-refractivity contribution in [2.24, 2.45) is 17.8 Å². The third-order valence-corrected chi connectivity index (χ3v) is 4.59. The van der Waals surface area contributed by atoms with Crippen molar-refractivity contribution in [2.45, 2.75) is 19.3 Å². The van der Waals surface area contributed by atoms with Gasteiger partial charge in [0.1, 0.15) is 12.4 Å². The molecule has 0 radical (unpaired) electrons. The molecule has 4 rings (SSSR count). The van der Waals surface area contributed by atoms with E-state index in [2.05, 4.69) is 0 Å². The number of carbonyl (C=O) groups excluding carboxylic acids is 1. The maximum absolute atomic E-state index is 12.6. The van der Waals surface area contributed by atoms with Crippen molar-refractivity contribution in [1.82, 2.24) is 0 Å². The van der Waals surface area contributed by atoms with E-state index in [1.807, 2.05) is 29.2 Å². The number of anilines is 1. The molecular formula is C15H17NO2. The van der Waals surface area contributed by atoms with Crippen molar-refractivity contribution in [3.05, 3.63) is 24.3 Å². The molecule has 2 aliphatic carbocycles. The van der Waals surface area contributed by atoms with Crippen molar-refractivity contribution < 1.29 is 9.53 Å². The standard InChI is InChI=1S/C15H17NO2/c17-15(12-8-10-7-11(10)9-12)16-5-6-18-14-4-2-1-3-13(14)16/h1-4,10-12H,5-9H2. The number of ether oxygens (including phenoxy) is 1. The van der Waals surface area contributed by atoms with Crippen LogP contribution in [0.25, 0.3) is 0 Å². The van der Waals surface area contributed by atoms with Gasteiger partial charge in [-0.25, -0.2) is 0 Å². The first-order chi connectivity index (χ1) is 8.83. The number of benzene rings is 1. The van der Waals surface area contributed by atoms with Crippen LogP contribution >= 0.6 is 0 Å². The van der Waals surface area contributed by atoms with Crippen LogP contribution in [0.4, 0.5) is 5.69 Å². The monoisotopic (exact) mass is 243 g/mol. The number of rotatable bonds is 1. The van der Waals surface area contributed by atoms with E-state index in [0.717, 1.165) is 36.1 Å². The first-order valence-corrected chi connectivity index (χ1v) is 6.86. The van der Waals surface area contributed by atoms with Crippen LogP contribution in [0.15, 0.2) is 24.3 Å². The molecular weight excluding hydrogens is 226 g/mol. The van der Waals surface area contributed by atoms with Crippen LogP contribution in [-0.2, 0) is 4.79 Å². The normalized spacial score (nSPS) is 32.4. The smallest absolute Gasteiger partial charge is 0.230 e. The highest BCUT2D eigenvalue weighted by molar-refractivity contribution is 5.97. The zero-order valence-electron chi connectivity index (χ0n) is 10.3. The Balaban J connectivity index is 1.59. The molecule has 0 spiro atoms. The van der Waals surface area contributed by atoms with Gasteiger partial charge in [-0.3, -0.25) is 4.79 Å². The van der Waals surface area contributed by atoms with Crippen LogP contribution in [0.3, 0.4) is 0 Å². The predicted molar refractivity (Wildman–Crippen MR) is 68.6 cm³/mol. The van der Waals surface area contributed by atoms with Crippen molar-refractivity contribution in [1.29, 1.82) is 0 Å². The summed E-state index contributed by atoms with van der Waals surface area (Å²) in [6.45, 7) is 1.31. The predicted octanol–water partition coefficient (Wildman–Crippen LogP) is 2.46. The molecule has 3 aliphatic rings. The average molecular weight is 243 g/mol. The van der Waals surface area contributed by atoms with Crippen LogP contribution in [0.1, 0.15) is 19.3 Å². The molecule has 1 aliphatic heterocycles. The molecule has 0 N–H and O–H groups in total. The number of fused-ring (bicyclic) bond motifs is 2. The highest BCUT2D eigenvalue weighted by Crippen LogP contribution is 2.55. The molecule has 0 bridgehead atoms. The van der Waals surface area contributed by atoms with Crippen molar-refractivity contribution in [3.8, 4) is 5.75 Å². The molecule has 94 valence electrons. The molecule has 1 aromatic rings. The van der Waals surface area contributed by atoms with Crippen LogP contribution < -0.4 is 9.64 Å². The first kappa shape index (κ1) is 10.4. The Hall–Kier alpha value is -1.51. The molecule has 0 aromatic heterocycles. The molecule has 0 saturated heterocycles. The van der Waals surface area contributed by atoms with Crippen molar-refractivity contribution in [3.63, 3.8) is 0 Å². The number of hydrogen-bond acceptors (Lipinski definition) is 2. The zero-order chi connectivity index (χ0) is 12.1. The van der Waals surface area contributed by atoms with Gasteiger partial charge in [0, 0.05) is 5.92 Å². The summed E-state index contributed by atoms with van der Waals surface area (Å²) >= 11 is 0. The third-order valence-electron chi connectivity index (χ3n) is 4.59. The Morgan fingerprint density at radius 3 is 2.78 bits per heavy atom. The molecule has 18 heavy (non-hydrogen) atoms. The minimum atomic E-state index is 0.264. The van der Waals surface area contributed by atoms with E-state index >= 15 is 0 Å². The summed E-state index contributed by atoms with van der Waals surface area (Å²) in [7, 11) is 0. The van der Waals surface area contributed by atoms with Gasteiger partial charge in [0.25, 0.3) is 0 Å². The molecule has 2 atom stereocenters. The van der Waals surface area contributed by atoms with E-state index in [9.17, 15) is 4.79 Å². The van der Waals surface area contributed by atoms with Crippen molar-refractivity contribution in [2.75, 3.05) is 18.1 Å². The quantitative estimate of drug-likeness (QED) is 0.758. The lowest BCUT2D eigenvalue weighted by Crippen LogP contribution is -2.41. The molecule has 3 heteroatoms. The molecule has 2 unspecified atom stereocenters. The number of para-hydroxylation sites is 2. The lowest BCUT2D eigenvalue weighted by atomic mass is 10.0. The first-order valence-electron chi connectivity index (χ1n) is 6.86. The summed E-state index contributed by atoms with van der Waals surface area (Å²) in [5.41, 5.74) is 0.953. The van der Waals surface area contributed by atoms with Crippen molar-refractivity contribution >= 4 is 11.6 Å². The highest BCUT2D eigenvalue weighted by atomic mass is 16.5. The van der Waals surface area contributed by atoms with Gasteiger partial charge in [-0.2, -0.15) is 0 Å². The molecule has 1 heterocycles. The number of carbonyl (C=O) groups is 1. The fraction of sp³-hybridized carbons (Fsp3) is 0.533. The Kier molecular flexibility index (Phi) is 2.16. The van der Waals surface area contributed by atoms with Gasteiger partial charge >= 0.3 is 0 Å². The molecule has 2 saturated carbocycles. The highest BCUT2D eigenvalue weighted by Gasteiger charge is 2.49. The third kappa shape index (κ3) is 1.53. The van der Waals surface area contributed by atoms with Gasteiger partial charge in [-0.15, -0.1) is 0 Å². The SMILES string of the molecule is O=C(C1CC2CC2C1)N1CCOc2ccccc21. The van der Waals surface area contributed by atoms with Crippen LogP contribution in [0.5, 0.6) is 5.75 Å². The minimum absolute atomic E-state index is 0.264. The summed E-state index contributed by atoms with van der Waals surface area (Å²) in [6.07, 6.45) is 3.59. The fourth-order valence-electron chi connectivity index (χ4n) is 3.54. The van der Waals surface area contributed by atoms with Gasteiger partial charge in [0.2, 0.25) is 5.91 Å². The van der Waals surface area contributed by atoms with E-state index in [4.69, 9.17) is 4.74 Å². The second-order valence-electron chi connectivity index (χ2n) is 5.73. The van der Waals surface area contributed by atoms with Gasteiger partial charge < -0.3 is 9.64 Å². The largest absolute Gasteiger partial charge is 0.490 e. The fourth-order valence-corrected chi connectivity index (χ4v) is 3.54. The summed E-state index contributed by atoms with van der Waals surface area (Å²) in [6, 6.07) is 7.86. The molecule has 2 fully saturated rings. The molecule has 1 aromatic carbocycles. The summed E-state index contributed by atoms with van der Waals surface area (Å²) in [5.74, 6) is 3.14. The Morgan fingerprint density at radius 2 is 1.94 bits per heavy atom. The topological polar surface area (TPSA) is 29.5 Å². The minimum Gasteiger partial charge on any atom is -0.490 e. The summed E-state index contributed by atoms with van der Waals surface area (Å²) in [4.78, 5) is 14.5. The average Bonchev–Trinajstić information content (AvgIpc) is 3.04. The summed E-state index contributed by atoms with van der Waals surface area (Å²) in [5, 5.41) is 0. The van der Waals surface area contributed by atoms with E-state index in [1.165, 1.54) is 6.42 Å². The second kappa shape index (κ2) is 3.74. The lowest BCUT2D eigenvalue weighted by Gasteiger charge is -2.31. The number of amides is 1. The van der Waals surface area contributed by atoms with Crippen LogP contribution in [-0.4, -0.2) is 19.1 Å². The van der Waals surface area contributed by atoms with E-state index in [1.54, 1.807) is 0 Å². The van der Waals surface area contributed by atoms with Gasteiger partial charge in [0.05, 0.1) is 12.2 Å². The molecule has 3 nitrogen and oxygen atoms in total. The van der Waals surface area contributed by atoms with E-state index < -0.39 is 0 Å². The lowest BCUT2D eigenvalue weighted by molar-refractivity contribution is -0.122. The van der Waals surface area contributed by atoms with E-state index in [0.29, 0.717) is 19.1 Å². The van der Waals surface area contributed by atoms with E-state index in [-0.39, 0.29) is 5.92 Å². The summed E-state index contributed by atoms with van der Waals surface area (Å²) < 4.78 is 5.60.